The number of unbranched alkanes of at least 4 members (excludes halogenated alkanes) is 1. The molecule has 1 aliphatic rings. The van der Waals surface area contributed by atoms with E-state index >= 15 is 0 Å². The lowest BCUT2D eigenvalue weighted by molar-refractivity contribution is -0.143. The van der Waals surface area contributed by atoms with Gasteiger partial charge < -0.3 is 9.47 Å². The topological polar surface area (TPSA) is 35.5 Å². The maximum atomic E-state index is 11.2. The largest absolute Gasteiger partial charge is 0.493 e. The van der Waals surface area contributed by atoms with Crippen molar-refractivity contribution in [3.8, 4) is 5.75 Å². The molecule has 110 valence electrons. The predicted octanol–water partition coefficient (Wildman–Crippen LogP) is 3.75. The highest BCUT2D eigenvalue weighted by Crippen LogP contribution is 2.29. The molecular formula is C17H24O3. The number of hydrogen-bond donors (Lipinski definition) is 0. The quantitative estimate of drug-likeness (QED) is 0.509. The van der Waals surface area contributed by atoms with Crippen molar-refractivity contribution >= 4 is 5.97 Å². The Hall–Kier alpha value is -1.51. The van der Waals surface area contributed by atoms with E-state index in [-0.39, 0.29) is 5.97 Å². The molecule has 0 spiro atoms. The van der Waals surface area contributed by atoms with E-state index in [9.17, 15) is 4.79 Å². The summed E-state index contributed by atoms with van der Waals surface area (Å²) >= 11 is 0. The molecule has 0 atom stereocenters. The maximum absolute atomic E-state index is 11.2. The predicted molar refractivity (Wildman–Crippen MR) is 78.8 cm³/mol. The van der Waals surface area contributed by atoms with Crippen molar-refractivity contribution in [2.24, 2.45) is 5.92 Å². The molecule has 1 aromatic carbocycles. The van der Waals surface area contributed by atoms with Crippen LogP contribution in [0.4, 0.5) is 0 Å². The average molecular weight is 276 g/mol. The Bertz CT molecular complexity index is 407. The molecule has 1 saturated carbocycles. The number of carbonyl (C=O) groups is 1. The molecule has 0 aliphatic heterocycles. The first-order chi connectivity index (χ1) is 9.78. The average Bonchev–Trinajstić information content (AvgIpc) is 3.27. The Morgan fingerprint density at radius 1 is 1.20 bits per heavy atom. The standard InChI is InChI=1S/C17H24O3/c1-2-19-17(18)6-4-3-5-14-9-11-16(12-10-14)20-13-15-7-8-15/h9-12,15H,2-8,13H2,1H3. The highest BCUT2D eigenvalue weighted by atomic mass is 16.5. The van der Waals surface area contributed by atoms with Gasteiger partial charge in [0.25, 0.3) is 0 Å². The van der Waals surface area contributed by atoms with E-state index in [1.165, 1.54) is 18.4 Å². The first-order valence-corrected chi connectivity index (χ1v) is 7.65. The number of carbonyl (C=O) groups excluding carboxylic acids is 1. The van der Waals surface area contributed by atoms with Gasteiger partial charge in [-0.1, -0.05) is 12.1 Å². The van der Waals surface area contributed by atoms with Crippen LogP contribution < -0.4 is 4.74 Å². The zero-order valence-electron chi connectivity index (χ0n) is 12.3. The van der Waals surface area contributed by atoms with Crippen molar-refractivity contribution in [3.63, 3.8) is 0 Å². The van der Waals surface area contributed by atoms with Gasteiger partial charge in [0.2, 0.25) is 0 Å². The van der Waals surface area contributed by atoms with Gasteiger partial charge in [-0.2, -0.15) is 0 Å². The third-order valence-electron chi connectivity index (χ3n) is 3.51. The van der Waals surface area contributed by atoms with Gasteiger partial charge in [-0.3, -0.25) is 4.79 Å². The Morgan fingerprint density at radius 2 is 1.95 bits per heavy atom. The van der Waals surface area contributed by atoms with Crippen LogP contribution in [0.3, 0.4) is 0 Å². The van der Waals surface area contributed by atoms with Crippen LogP contribution in [0, 0.1) is 5.92 Å². The molecule has 0 N–H and O–H groups in total. The van der Waals surface area contributed by atoms with Crippen molar-refractivity contribution < 1.29 is 14.3 Å². The number of esters is 1. The van der Waals surface area contributed by atoms with Gasteiger partial charge in [-0.15, -0.1) is 0 Å². The number of hydrogen-bond acceptors (Lipinski definition) is 3. The zero-order valence-corrected chi connectivity index (χ0v) is 12.3. The minimum Gasteiger partial charge on any atom is -0.493 e. The summed E-state index contributed by atoms with van der Waals surface area (Å²) in [6, 6.07) is 8.32. The number of ether oxygens (including phenoxy) is 2. The first kappa shape index (κ1) is 14.9. The van der Waals surface area contributed by atoms with Crippen LogP contribution in [0.25, 0.3) is 0 Å². The maximum Gasteiger partial charge on any atom is 0.305 e. The van der Waals surface area contributed by atoms with Crippen LogP contribution >= 0.6 is 0 Å². The molecule has 0 unspecified atom stereocenters. The van der Waals surface area contributed by atoms with Crippen molar-refractivity contribution in [2.75, 3.05) is 13.2 Å². The Labute approximate surface area is 121 Å². The summed E-state index contributed by atoms with van der Waals surface area (Å²) in [7, 11) is 0. The van der Waals surface area contributed by atoms with Gasteiger partial charge in [0.05, 0.1) is 13.2 Å². The van der Waals surface area contributed by atoms with Gasteiger partial charge in [0, 0.05) is 6.42 Å². The summed E-state index contributed by atoms with van der Waals surface area (Å²) in [5.41, 5.74) is 1.30. The number of benzene rings is 1. The lowest BCUT2D eigenvalue weighted by Crippen LogP contribution is -2.03. The van der Waals surface area contributed by atoms with E-state index in [1.54, 1.807) is 0 Å². The molecule has 1 aromatic rings. The van der Waals surface area contributed by atoms with Crippen molar-refractivity contribution in [1.29, 1.82) is 0 Å². The third-order valence-corrected chi connectivity index (χ3v) is 3.51. The first-order valence-electron chi connectivity index (χ1n) is 7.65. The minimum absolute atomic E-state index is 0.0867. The molecule has 0 aromatic heterocycles. The van der Waals surface area contributed by atoms with Gasteiger partial charge in [-0.25, -0.2) is 0 Å². The lowest BCUT2D eigenvalue weighted by atomic mass is 10.1. The van der Waals surface area contributed by atoms with E-state index in [0.29, 0.717) is 13.0 Å². The van der Waals surface area contributed by atoms with Crippen molar-refractivity contribution in [1.82, 2.24) is 0 Å². The fourth-order valence-electron chi connectivity index (χ4n) is 2.08. The summed E-state index contributed by atoms with van der Waals surface area (Å²) in [4.78, 5) is 11.2. The second-order valence-electron chi connectivity index (χ2n) is 5.41. The van der Waals surface area contributed by atoms with Crippen LogP contribution in [0.1, 0.15) is 44.6 Å². The molecule has 0 amide bonds. The fraction of sp³-hybridized carbons (Fsp3) is 0.588. The second-order valence-corrected chi connectivity index (χ2v) is 5.41. The molecule has 3 nitrogen and oxygen atoms in total. The van der Waals surface area contributed by atoms with Crippen molar-refractivity contribution in [3.05, 3.63) is 29.8 Å². The molecular weight excluding hydrogens is 252 g/mol. The van der Waals surface area contributed by atoms with Crippen LogP contribution in [-0.4, -0.2) is 19.2 Å². The number of rotatable bonds is 9. The molecule has 20 heavy (non-hydrogen) atoms. The SMILES string of the molecule is CCOC(=O)CCCCc1ccc(OCC2CC2)cc1. The van der Waals surface area contributed by atoms with Crippen molar-refractivity contribution in [2.45, 2.75) is 45.4 Å². The van der Waals surface area contributed by atoms with Crippen LogP contribution in [0.2, 0.25) is 0 Å². The molecule has 2 rings (SSSR count). The summed E-state index contributed by atoms with van der Waals surface area (Å²) < 4.78 is 10.6. The Morgan fingerprint density at radius 3 is 2.60 bits per heavy atom. The number of aryl methyl sites for hydroxylation is 1. The van der Waals surface area contributed by atoms with E-state index in [2.05, 4.69) is 12.1 Å². The summed E-state index contributed by atoms with van der Waals surface area (Å²) in [5, 5.41) is 0. The van der Waals surface area contributed by atoms with Crippen LogP contribution in [0.15, 0.2) is 24.3 Å². The highest BCUT2D eigenvalue weighted by molar-refractivity contribution is 5.69. The normalized spacial score (nSPS) is 14.1. The monoisotopic (exact) mass is 276 g/mol. The summed E-state index contributed by atoms with van der Waals surface area (Å²) in [5.74, 6) is 1.67. The molecule has 0 bridgehead atoms. The van der Waals surface area contributed by atoms with E-state index < -0.39 is 0 Å². The highest BCUT2D eigenvalue weighted by Gasteiger charge is 2.21. The van der Waals surface area contributed by atoms with E-state index in [4.69, 9.17) is 9.47 Å². The van der Waals surface area contributed by atoms with Gasteiger partial charge >= 0.3 is 5.97 Å². The summed E-state index contributed by atoms with van der Waals surface area (Å²) in [6.45, 7) is 3.17. The second kappa shape index (κ2) is 7.93. The zero-order chi connectivity index (χ0) is 14.2. The third kappa shape index (κ3) is 5.64. The Balaban J connectivity index is 1.61. The molecule has 1 fully saturated rings. The fourth-order valence-corrected chi connectivity index (χ4v) is 2.08. The minimum atomic E-state index is -0.0867. The van der Waals surface area contributed by atoms with Crippen LogP contribution in [-0.2, 0) is 16.0 Å². The Kier molecular flexibility index (Phi) is 5.90. The molecule has 1 aliphatic carbocycles. The molecule has 0 saturated heterocycles. The van der Waals surface area contributed by atoms with E-state index in [1.807, 2.05) is 19.1 Å². The molecule has 3 heteroatoms. The van der Waals surface area contributed by atoms with Gasteiger partial charge in [0.1, 0.15) is 5.75 Å². The van der Waals surface area contributed by atoms with Gasteiger partial charge in [-0.05, 0) is 62.6 Å². The lowest BCUT2D eigenvalue weighted by Gasteiger charge is -2.06. The summed E-state index contributed by atoms with van der Waals surface area (Å²) in [6.07, 6.45) is 6.07. The van der Waals surface area contributed by atoms with E-state index in [0.717, 1.165) is 37.5 Å². The molecule has 0 radical (unpaired) electrons. The van der Waals surface area contributed by atoms with Gasteiger partial charge in [0.15, 0.2) is 0 Å². The van der Waals surface area contributed by atoms with Crippen LogP contribution in [0.5, 0.6) is 5.75 Å². The smallest absolute Gasteiger partial charge is 0.305 e. The molecule has 0 heterocycles.